The summed E-state index contributed by atoms with van der Waals surface area (Å²) in [6.45, 7) is 3.42. The summed E-state index contributed by atoms with van der Waals surface area (Å²) >= 11 is 5.85. The first-order valence-corrected chi connectivity index (χ1v) is 6.97. The van der Waals surface area contributed by atoms with Crippen LogP contribution in [0.4, 0.5) is 5.82 Å². The van der Waals surface area contributed by atoms with Crippen molar-refractivity contribution in [1.82, 2.24) is 5.16 Å². The van der Waals surface area contributed by atoms with Gasteiger partial charge in [-0.2, -0.15) is 0 Å². The van der Waals surface area contributed by atoms with Crippen molar-refractivity contribution in [2.24, 2.45) is 0 Å². The number of aryl methyl sites for hydroxylation is 2. The molecule has 1 aromatic heterocycles. The second-order valence-corrected chi connectivity index (χ2v) is 5.93. The maximum Gasteiger partial charge on any atom is 0.263 e. The van der Waals surface area contributed by atoms with Gasteiger partial charge in [0.05, 0.1) is 4.90 Å². The van der Waals surface area contributed by atoms with Crippen molar-refractivity contribution >= 4 is 27.4 Å². The molecule has 2 aromatic rings. The van der Waals surface area contributed by atoms with Gasteiger partial charge in [-0.25, -0.2) is 8.42 Å². The molecular formula is C11H11ClN2O3S. The second-order valence-electron chi connectivity index (χ2n) is 3.84. The van der Waals surface area contributed by atoms with Crippen LogP contribution in [0.25, 0.3) is 0 Å². The lowest BCUT2D eigenvalue weighted by Gasteiger charge is -2.06. The normalized spacial score (nSPS) is 11.5. The van der Waals surface area contributed by atoms with Gasteiger partial charge in [0, 0.05) is 11.1 Å². The summed E-state index contributed by atoms with van der Waals surface area (Å²) in [7, 11) is -3.67. The minimum absolute atomic E-state index is 0.130. The van der Waals surface area contributed by atoms with Crippen molar-refractivity contribution in [3.8, 4) is 0 Å². The van der Waals surface area contributed by atoms with Crippen LogP contribution in [0, 0.1) is 13.8 Å². The minimum atomic E-state index is -3.67. The molecule has 0 saturated carbocycles. The van der Waals surface area contributed by atoms with E-state index < -0.39 is 10.0 Å². The summed E-state index contributed by atoms with van der Waals surface area (Å²) in [5.74, 6) is 0.681. The molecule has 1 N–H and O–H groups in total. The van der Waals surface area contributed by atoms with Crippen molar-refractivity contribution in [1.29, 1.82) is 0 Å². The lowest BCUT2D eigenvalue weighted by Crippen LogP contribution is -2.13. The molecule has 0 amide bonds. The summed E-state index contributed by atoms with van der Waals surface area (Å²) < 4.78 is 31.2. The van der Waals surface area contributed by atoms with Gasteiger partial charge in [0.2, 0.25) is 0 Å². The molecule has 0 atom stereocenters. The van der Waals surface area contributed by atoms with E-state index >= 15 is 0 Å². The van der Waals surface area contributed by atoms with Gasteiger partial charge in [-0.05, 0) is 37.6 Å². The third kappa shape index (κ3) is 2.65. The van der Waals surface area contributed by atoms with Crippen LogP contribution in [0.1, 0.15) is 11.3 Å². The predicted molar refractivity (Wildman–Crippen MR) is 68.2 cm³/mol. The number of anilines is 1. The Morgan fingerprint density at radius 1 is 1.28 bits per heavy atom. The molecule has 1 heterocycles. The number of hydrogen-bond donors (Lipinski definition) is 1. The van der Waals surface area contributed by atoms with Crippen LogP contribution < -0.4 is 4.72 Å². The first-order chi connectivity index (χ1) is 8.38. The first-order valence-electron chi connectivity index (χ1n) is 5.11. The summed E-state index contributed by atoms with van der Waals surface area (Å²) in [4.78, 5) is 0.130. The predicted octanol–water partition coefficient (Wildman–Crippen LogP) is 2.75. The average Bonchev–Trinajstić information content (AvgIpc) is 2.67. The number of nitrogens with zero attached hydrogens (tertiary/aromatic N) is 1. The third-order valence-electron chi connectivity index (χ3n) is 2.31. The van der Waals surface area contributed by atoms with E-state index in [1.807, 2.05) is 0 Å². The van der Waals surface area contributed by atoms with E-state index in [1.54, 1.807) is 19.9 Å². The molecule has 18 heavy (non-hydrogen) atoms. The quantitative estimate of drug-likeness (QED) is 0.941. The molecule has 96 valence electrons. The Labute approximate surface area is 110 Å². The lowest BCUT2D eigenvalue weighted by atomic mass is 10.2. The molecule has 0 radical (unpaired) electrons. The van der Waals surface area contributed by atoms with Gasteiger partial charge in [0.25, 0.3) is 10.0 Å². The van der Waals surface area contributed by atoms with Crippen LogP contribution in [0.5, 0.6) is 0 Å². The zero-order valence-electron chi connectivity index (χ0n) is 9.77. The van der Waals surface area contributed by atoms with E-state index in [0.29, 0.717) is 16.3 Å². The maximum atomic E-state index is 12.0. The Morgan fingerprint density at radius 3 is 2.56 bits per heavy atom. The van der Waals surface area contributed by atoms with Crippen molar-refractivity contribution in [3.63, 3.8) is 0 Å². The Morgan fingerprint density at radius 2 is 2.00 bits per heavy atom. The number of rotatable bonds is 3. The van der Waals surface area contributed by atoms with E-state index in [1.165, 1.54) is 18.2 Å². The number of sulfonamides is 1. The molecule has 0 fully saturated rings. The zero-order valence-corrected chi connectivity index (χ0v) is 11.3. The summed E-state index contributed by atoms with van der Waals surface area (Å²) in [6.07, 6.45) is 0. The molecule has 0 aliphatic rings. The van der Waals surface area contributed by atoms with Crippen LogP contribution in [0.3, 0.4) is 0 Å². The Balaban J connectivity index is 2.33. The Hall–Kier alpha value is -1.53. The fourth-order valence-electron chi connectivity index (χ4n) is 1.40. The van der Waals surface area contributed by atoms with E-state index in [9.17, 15) is 8.42 Å². The van der Waals surface area contributed by atoms with Crippen LogP contribution in [-0.2, 0) is 10.0 Å². The second kappa shape index (κ2) is 4.62. The van der Waals surface area contributed by atoms with Gasteiger partial charge in [-0.15, -0.1) is 0 Å². The molecule has 7 heteroatoms. The average molecular weight is 287 g/mol. The maximum absolute atomic E-state index is 12.0. The van der Waals surface area contributed by atoms with E-state index in [2.05, 4.69) is 9.88 Å². The first kappa shape index (κ1) is 12.9. The van der Waals surface area contributed by atoms with E-state index in [-0.39, 0.29) is 10.7 Å². The molecular weight excluding hydrogens is 276 g/mol. The van der Waals surface area contributed by atoms with Gasteiger partial charge in [0.1, 0.15) is 5.76 Å². The highest BCUT2D eigenvalue weighted by molar-refractivity contribution is 7.92. The standard InChI is InChI=1S/C11H11ClN2O3S/c1-7-5-9(3-4-10(7)12)18(15,16)14-11-6-8(2)17-13-11/h3-6H,1-2H3,(H,13,14). The molecule has 0 spiro atoms. The SMILES string of the molecule is Cc1cc(NS(=O)(=O)c2ccc(Cl)c(C)c2)no1. The van der Waals surface area contributed by atoms with Gasteiger partial charge < -0.3 is 4.52 Å². The van der Waals surface area contributed by atoms with Crippen molar-refractivity contribution in [2.75, 3.05) is 4.72 Å². The third-order valence-corrected chi connectivity index (χ3v) is 4.08. The highest BCUT2D eigenvalue weighted by atomic mass is 35.5. The smallest absolute Gasteiger partial charge is 0.263 e. The van der Waals surface area contributed by atoms with Gasteiger partial charge >= 0.3 is 0 Å². The van der Waals surface area contributed by atoms with Crippen LogP contribution in [-0.4, -0.2) is 13.6 Å². The number of hydrogen-bond acceptors (Lipinski definition) is 4. The van der Waals surface area contributed by atoms with Gasteiger partial charge in [-0.1, -0.05) is 16.8 Å². The van der Waals surface area contributed by atoms with Crippen LogP contribution >= 0.6 is 11.6 Å². The van der Waals surface area contributed by atoms with Crippen LogP contribution in [0.15, 0.2) is 33.7 Å². The molecule has 0 aliphatic carbocycles. The number of benzene rings is 1. The van der Waals surface area contributed by atoms with Gasteiger partial charge in [-0.3, -0.25) is 4.72 Å². The molecule has 0 saturated heterocycles. The Kier molecular flexibility index (Phi) is 3.32. The van der Waals surface area contributed by atoms with Crippen LogP contribution in [0.2, 0.25) is 5.02 Å². The largest absolute Gasteiger partial charge is 0.360 e. The number of aromatic nitrogens is 1. The zero-order chi connectivity index (χ0) is 13.3. The fraction of sp³-hybridized carbons (Fsp3) is 0.182. The minimum Gasteiger partial charge on any atom is -0.360 e. The fourth-order valence-corrected chi connectivity index (χ4v) is 2.58. The van der Waals surface area contributed by atoms with Crippen molar-refractivity contribution in [3.05, 3.63) is 40.6 Å². The van der Waals surface area contributed by atoms with Crippen molar-refractivity contribution < 1.29 is 12.9 Å². The Bertz CT molecular complexity index is 679. The molecule has 1 aromatic carbocycles. The van der Waals surface area contributed by atoms with Crippen molar-refractivity contribution in [2.45, 2.75) is 18.7 Å². The lowest BCUT2D eigenvalue weighted by molar-refractivity contribution is 0.400. The summed E-state index contributed by atoms with van der Waals surface area (Å²) in [5, 5.41) is 4.09. The van der Waals surface area contributed by atoms with E-state index in [0.717, 1.165) is 0 Å². The highest BCUT2D eigenvalue weighted by Gasteiger charge is 2.16. The van der Waals surface area contributed by atoms with Gasteiger partial charge in [0.15, 0.2) is 5.82 Å². The highest BCUT2D eigenvalue weighted by Crippen LogP contribution is 2.21. The topological polar surface area (TPSA) is 72.2 Å². The summed E-state index contributed by atoms with van der Waals surface area (Å²) in [6, 6.07) is 5.97. The summed E-state index contributed by atoms with van der Waals surface area (Å²) in [5.41, 5.74) is 0.691. The molecule has 5 nitrogen and oxygen atoms in total. The molecule has 0 bridgehead atoms. The molecule has 0 unspecified atom stereocenters. The monoisotopic (exact) mass is 286 g/mol. The number of nitrogens with one attached hydrogen (secondary N) is 1. The molecule has 0 aliphatic heterocycles. The van der Waals surface area contributed by atoms with E-state index in [4.69, 9.17) is 16.1 Å². The molecule has 2 rings (SSSR count). The number of halogens is 1.